The Bertz CT molecular complexity index is 927. The van der Waals surface area contributed by atoms with E-state index in [1.54, 1.807) is 34.9 Å². The first-order chi connectivity index (χ1) is 12.4. The molecule has 5 N–H and O–H groups in total. The van der Waals surface area contributed by atoms with E-state index in [1.165, 1.54) is 12.7 Å². The number of hydrogen-bond acceptors (Lipinski definition) is 6. The van der Waals surface area contributed by atoms with Crippen molar-refractivity contribution >= 4 is 24.6 Å². The minimum atomic E-state index is -4.39. The Balaban J connectivity index is 1.85. The fraction of sp³-hybridized carbons (Fsp3) is 0.312. The Hall–Kier alpha value is -2.32. The van der Waals surface area contributed by atoms with Gasteiger partial charge in [-0.15, -0.1) is 0 Å². The van der Waals surface area contributed by atoms with Crippen LogP contribution in [0, 0.1) is 5.92 Å². The predicted molar refractivity (Wildman–Crippen MR) is 96.2 cm³/mol. The lowest BCUT2D eigenvalue weighted by molar-refractivity contribution is 0.198. The SMILES string of the molecule is Nc1ncnc2c1ncn2C[C@H](CO)C[C@@H](c1ccccc1)P(=O)(O)O. The van der Waals surface area contributed by atoms with Gasteiger partial charge in [0.25, 0.3) is 0 Å². The third-order valence-electron chi connectivity index (χ3n) is 4.29. The summed E-state index contributed by atoms with van der Waals surface area (Å²) in [5.74, 6) is -0.145. The van der Waals surface area contributed by atoms with Crippen LogP contribution in [0.3, 0.4) is 0 Å². The molecule has 2 atom stereocenters. The fourth-order valence-electron chi connectivity index (χ4n) is 2.98. The van der Waals surface area contributed by atoms with Gasteiger partial charge in [0.1, 0.15) is 11.8 Å². The topological polar surface area (TPSA) is 147 Å². The lowest BCUT2D eigenvalue weighted by Crippen LogP contribution is -2.18. The summed E-state index contributed by atoms with van der Waals surface area (Å²) in [5.41, 5.74) is 6.29. The van der Waals surface area contributed by atoms with Crippen LogP contribution in [0.1, 0.15) is 17.6 Å². The van der Waals surface area contributed by atoms with Gasteiger partial charge in [0, 0.05) is 19.1 Å². The van der Waals surface area contributed by atoms with Crippen molar-refractivity contribution in [3.63, 3.8) is 0 Å². The highest BCUT2D eigenvalue weighted by atomic mass is 31.2. The van der Waals surface area contributed by atoms with Crippen LogP contribution in [-0.4, -0.2) is 41.0 Å². The zero-order valence-electron chi connectivity index (χ0n) is 13.9. The highest BCUT2D eigenvalue weighted by Gasteiger charge is 2.32. The first-order valence-electron chi connectivity index (χ1n) is 8.02. The number of benzene rings is 1. The van der Waals surface area contributed by atoms with Crippen LogP contribution in [0.15, 0.2) is 43.0 Å². The molecule has 3 rings (SSSR count). The van der Waals surface area contributed by atoms with Crippen LogP contribution in [0.2, 0.25) is 0 Å². The van der Waals surface area contributed by atoms with E-state index in [2.05, 4.69) is 15.0 Å². The number of hydrogen-bond donors (Lipinski definition) is 4. The van der Waals surface area contributed by atoms with E-state index in [1.807, 2.05) is 0 Å². The van der Waals surface area contributed by atoms with Gasteiger partial charge in [-0.05, 0) is 12.0 Å². The minimum Gasteiger partial charge on any atom is -0.396 e. The summed E-state index contributed by atoms with van der Waals surface area (Å²) < 4.78 is 13.7. The van der Waals surface area contributed by atoms with E-state index in [-0.39, 0.29) is 18.8 Å². The average molecular weight is 377 g/mol. The van der Waals surface area contributed by atoms with Gasteiger partial charge in [-0.3, -0.25) is 4.57 Å². The van der Waals surface area contributed by atoms with Gasteiger partial charge in [0.2, 0.25) is 0 Å². The normalized spacial score (nSPS) is 14.4. The largest absolute Gasteiger partial charge is 0.396 e. The van der Waals surface area contributed by atoms with Crippen molar-refractivity contribution in [2.45, 2.75) is 18.6 Å². The summed E-state index contributed by atoms with van der Waals surface area (Å²) in [6, 6.07) is 8.60. The van der Waals surface area contributed by atoms with Crippen molar-refractivity contribution in [3.8, 4) is 0 Å². The van der Waals surface area contributed by atoms with Crippen molar-refractivity contribution in [1.82, 2.24) is 19.5 Å². The molecule has 0 amide bonds. The molecular formula is C16H20N5O4P. The second-order valence-corrected chi connectivity index (χ2v) is 7.93. The number of rotatable bonds is 7. The van der Waals surface area contributed by atoms with E-state index in [0.717, 1.165) is 0 Å². The molecule has 26 heavy (non-hydrogen) atoms. The van der Waals surface area contributed by atoms with Gasteiger partial charge in [0.05, 0.1) is 12.0 Å². The van der Waals surface area contributed by atoms with Crippen LogP contribution in [0.5, 0.6) is 0 Å². The first kappa shape index (κ1) is 18.5. The molecule has 0 aliphatic rings. The van der Waals surface area contributed by atoms with E-state index >= 15 is 0 Å². The molecular weight excluding hydrogens is 357 g/mol. The van der Waals surface area contributed by atoms with Gasteiger partial charge in [0.15, 0.2) is 11.5 Å². The van der Waals surface area contributed by atoms with Crippen molar-refractivity contribution in [3.05, 3.63) is 48.5 Å². The molecule has 0 unspecified atom stereocenters. The van der Waals surface area contributed by atoms with E-state index < -0.39 is 19.2 Å². The quantitative estimate of drug-likeness (QED) is 0.451. The molecule has 3 aromatic rings. The number of aromatic nitrogens is 4. The summed E-state index contributed by atoms with van der Waals surface area (Å²) in [4.78, 5) is 31.8. The molecule has 9 nitrogen and oxygen atoms in total. The molecule has 0 aliphatic carbocycles. The molecule has 0 saturated carbocycles. The Morgan fingerprint density at radius 2 is 1.88 bits per heavy atom. The monoisotopic (exact) mass is 377 g/mol. The Labute approximate surface area is 149 Å². The lowest BCUT2D eigenvalue weighted by atomic mass is 9.99. The number of imidazole rings is 1. The lowest BCUT2D eigenvalue weighted by Gasteiger charge is -2.24. The maximum Gasteiger partial charge on any atom is 0.332 e. The van der Waals surface area contributed by atoms with Crippen LogP contribution >= 0.6 is 7.60 Å². The van der Waals surface area contributed by atoms with Gasteiger partial charge in [-0.1, -0.05) is 30.3 Å². The van der Waals surface area contributed by atoms with Gasteiger partial charge >= 0.3 is 7.60 Å². The van der Waals surface area contributed by atoms with Gasteiger partial charge in [-0.25, -0.2) is 15.0 Å². The Morgan fingerprint density at radius 3 is 2.54 bits per heavy atom. The number of nitrogens with zero attached hydrogens (tertiary/aromatic N) is 4. The molecule has 0 radical (unpaired) electrons. The van der Waals surface area contributed by atoms with Gasteiger partial charge in [-0.2, -0.15) is 0 Å². The maximum absolute atomic E-state index is 12.0. The maximum atomic E-state index is 12.0. The summed E-state index contributed by atoms with van der Waals surface area (Å²) in [6.07, 6.45) is 2.98. The number of fused-ring (bicyclic) bond motifs is 1. The second kappa shape index (κ2) is 7.51. The number of anilines is 1. The fourth-order valence-corrected chi connectivity index (χ4v) is 4.11. The molecule has 10 heteroatoms. The van der Waals surface area contributed by atoms with E-state index in [4.69, 9.17) is 5.73 Å². The standard InChI is InChI=1S/C16H20N5O4P/c17-15-14-16(19-9-18-15)21(10-20-14)7-11(8-22)6-13(26(23,24)25)12-4-2-1-3-5-12/h1-5,9-11,13,22H,6-8H2,(H2,17,18,19)(H2,23,24,25)/t11-,13+/m1/s1. The van der Waals surface area contributed by atoms with E-state index in [0.29, 0.717) is 23.3 Å². The highest BCUT2D eigenvalue weighted by molar-refractivity contribution is 7.52. The van der Waals surface area contributed by atoms with Gasteiger partial charge < -0.3 is 25.2 Å². The molecule has 0 saturated heterocycles. The predicted octanol–water partition coefficient (Wildman–Crippen LogP) is 1.33. The van der Waals surface area contributed by atoms with Crippen molar-refractivity contribution in [2.75, 3.05) is 12.3 Å². The number of aliphatic hydroxyl groups is 1. The first-order valence-corrected chi connectivity index (χ1v) is 9.70. The van der Waals surface area contributed by atoms with E-state index in [9.17, 15) is 19.5 Å². The van der Waals surface area contributed by atoms with Crippen LogP contribution in [0.4, 0.5) is 5.82 Å². The summed E-state index contributed by atoms with van der Waals surface area (Å²) in [6.45, 7) is 0.0658. The van der Waals surface area contributed by atoms with Crippen LogP contribution < -0.4 is 5.73 Å². The smallest absolute Gasteiger partial charge is 0.332 e. The average Bonchev–Trinajstić information content (AvgIpc) is 3.02. The summed E-state index contributed by atoms with van der Waals surface area (Å²) >= 11 is 0. The molecule has 1 aromatic carbocycles. The number of nitrogens with two attached hydrogens (primary N) is 1. The molecule has 138 valence electrons. The zero-order valence-corrected chi connectivity index (χ0v) is 14.8. The third-order valence-corrected chi connectivity index (χ3v) is 5.61. The molecule has 0 bridgehead atoms. The molecule has 0 aliphatic heterocycles. The third kappa shape index (κ3) is 3.91. The minimum absolute atomic E-state index is 0.116. The molecule has 0 fully saturated rings. The summed E-state index contributed by atoms with van der Waals surface area (Å²) in [7, 11) is -4.39. The number of aliphatic hydroxyl groups excluding tert-OH is 1. The zero-order chi connectivity index (χ0) is 18.7. The molecule has 2 aromatic heterocycles. The van der Waals surface area contributed by atoms with Crippen molar-refractivity contribution in [1.29, 1.82) is 0 Å². The summed E-state index contributed by atoms with van der Waals surface area (Å²) in [5, 5.41) is 9.77. The van der Waals surface area contributed by atoms with Crippen molar-refractivity contribution < 1.29 is 19.5 Å². The van der Waals surface area contributed by atoms with Crippen LogP contribution in [-0.2, 0) is 11.1 Å². The van der Waals surface area contributed by atoms with Crippen molar-refractivity contribution in [2.24, 2.45) is 5.92 Å². The van der Waals surface area contributed by atoms with Crippen LogP contribution in [0.25, 0.3) is 11.2 Å². The Morgan fingerprint density at radius 1 is 1.15 bits per heavy atom. The Kier molecular flexibility index (Phi) is 5.33. The molecule has 0 spiro atoms. The number of nitrogen functional groups attached to an aromatic ring is 1. The highest BCUT2D eigenvalue weighted by Crippen LogP contribution is 2.54. The molecule has 2 heterocycles. The second-order valence-electron chi connectivity index (χ2n) is 6.13.